The molecule has 20 heavy (non-hydrogen) atoms. The van der Waals surface area contributed by atoms with E-state index in [1.165, 1.54) is 4.57 Å². The Morgan fingerprint density at radius 2 is 1.80 bits per heavy atom. The minimum Gasteiger partial charge on any atom is -0.408 e. The maximum absolute atomic E-state index is 11.5. The molecule has 102 valence electrons. The Morgan fingerprint density at radius 1 is 1.15 bits per heavy atom. The van der Waals surface area contributed by atoms with Crippen molar-refractivity contribution < 1.29 is 9.52 Å². The first-order valence-corrected chi connectivity index (χ1v) is 7.17. The topological polar surface area (TPSA) is 55.4 Å². The van der Waals surface area contributed by atoms with Crippen LogP contribution in [0, 0.1) is 3.57 Å². The number of aliphatic hydroxyl groups is 1. The van der Waals surface area contributed by atoms with Crippen LogP contribution in [0.25, 0.3) is 11.1 Å². The zero-order chi connectivity index (χ0) is 14.3. The Labute approximate surface area is 128 Å². The lowest BCUT2D eigenvalue weighted by Gasteiger charge is -2.11. The Balaban J connectivity index is 2.05. The van der Waals surface area contributed by atoms with Gasteiger partial charge in [0.2, 0.25) is 0 Å². The molecule has 5 heteroatoms. The molecule has 1 unspecified atom stereocenters. The summed E-state index contributed by atoms with van der Waals surface area (Å²) < 4.78 is 7.69. The fraction of sp³-hybridized carbons (Fsp3) is 0.133. The summed E-state index contributed by atoms with van der Waals surface area (Å²) in [6, 6.07) is 13.0. The first-order chi connectivity index (χ1) is 9.56. The largest absolute Gasteiger partial charge is 0.419 e. The van der Waals surface area contributed by atoms with Crippen molar-refractivity contribution in [2.24, 2.45) is 7.05 Å². The fourth-order valence-corrected chi connectivity index (χ4v) is 2.52. The van der Waals surface area contributed by atoms with Gasteiger partial charge in [0.05, 0.1) is 5.52 Å². The van der Waals surface area contributed by atoms with Crippen LogP contribution in [0.2, 0.25) is 0 Å². The summed E-state index contributed by atoms with van der Waals surface area (Å²) in [4.78, 5) is 11.5. The Bertz CT molecular complexity index is 817. The molecule has 0 spiro atoms. The van der Waals surface area contributed by atoms with Crippen LogP contribution in [0.4, 0.5) is 0 Å². The Morgan fingerprint density at radius 3 is 2.50 bits per heavy atom. The van der Waals surface area contributed by atoms with Crippen LogP contribution in [-0.2, 0) is 7.05 Å². The molecular formula is C15H12INO3. The fourth-order valence-electron chi connectivity index (χ4n) is 2.16. The van der Waals surface area contributed by atoms with Gasteiger partial charge in [-0.1, -0.05) is 18.2 Å². The first kappa shape index (κ1) is 13.4. The second-order valence-corrected chi connectivity index (χ2v) is 5.85. The number of nitrogens with zero attached hydrogens (tertiary/aromatic N) is 1. The first-order valence-electron chi connectivity index (χ1n) is 6.09. The van der Waals surface area contributed by atoms with E-state index >= 15 is 0 Å². The van der Waals surface area contributed by atoms with Crippen molar-refractivity contribution in [1.29, 1.82) is 0 Å². The Hall–Kier alpha value is -1.60. The van der Waals surface area contributed by atoms with Crippen LogP contribution >= 0.6 is 22.6 Å². The lowest BCUT2D eigenvalue weighted by molar-refractivity contribution is 0.220. The van der Waals surface area contributed by atoms with Crippen molar-refractivity contribution in [2.45, 2.75) is 6.10 Å². The smallest absolute Gasteiger partial charge is 0.408 e. The third kappa shape index (κ3) is 2.27. The summed E-state index contributed by atoms with van der Waals surface area (Å²) >= 11 is 2.22. The molecule has 0 amide bonds. The van der Waals surface area contributed by atoms with E-state index < -0.39 is 11.9 Å². The van der Waals surface area contributed by atoms with E-state index in [9.17, 15) is 9.90 Å². The monoisotopic (exact) mass is 381 g/mol. The summed E-state index contributed by atoms with van der Waals surface area (Å²) in [5, 5.41) is 10.4. The van der Waals surface area contributed by atoms with Crippen LogP contribution < -0.4 is 5.76 Å². The van der Waals surface area contributed by atoms with Crippen molar-refractivity contribution in [2.75, 3.05) is 0 Å². The predicted molar refractivity (Wildman–Crippen MR) is 84.7 cm³/mol. The zero-order valence-electron chi connectivity index (χ0n) is 10.7. The molecule has 0 aliphatic rings. The van der Waals surface area contributed by atoms with Gasteiger partial charge in [-0.15, -0.1) is 0 Å². The summed E-state index contributed by atoms with van der Waals surface area (Å²) in [6.07, 6.45) is -0.734. The van der Waals surface area contributed by atoms with Crippen LogP contribution in [0.15, 0.2) is 51.7 Å². The number of aromatic nitrogens is 1. The number of oxazole rings is 1. The van der Waals surface area contributed by atoms with E-state index in [4.69, 9.17) is 4.42 Å². The lowest BCUT2D eigenvalue weighted by atomic mass is 10.0. The molecule has 0 saturated heterocycles. The van der Waals surface area contributed by atoms with Gasteiger partial charge in [0, 0.05) is 10.6 Å². The molecule has 0 radical (unpaired) electrons. The molecule has 1 heterocycles. The molecule has 0 bridgehead atoms. The second-order valence-electron chi connectivity index (χ2n) is 4.61. The highest BCUT2D eigenvalue weighted by Gasteiger charge is 2.13. The van der Waals surface area contributed by atoms with Gasteiger partial charge < -0.3 is 9.52 Å². The van der Waals surface area contributed by atoms with Crippen molar-refractivity contribution in [1.82, 2.24) is 4.57 Å². The van der Waals surface area contributed by atoms with Gasteiger partial charge >= 0.3 is 5.76 Å². The number of hydrogen-bond acceptors (Lipinski definition) is 3. The lowest BCUT2D eigenvalue weighted by Crippen LogP contribution is -2.08. The van der Waals surface area contributed by atoms with Gasteiger partial charge in [-0.05, 0) is 58.0 Å². The van der Waals surface area contributed by atoms with Gasteiger partial charge in [-0.3, -0.25) is 4.57 Å². The van der Waals surface area contributed by atoms with E-state index in [1.54, 1.807) is 25.2 Å². The van der Waals surface area contributed by atoms with Crippen LogP contribution in [0.5, 0.6) is 0 Å². The average molecular weight is 381 g/mol. The highest BCUT2D eigenvalue weighted by molar-refractivity contribution is 14.1. The number of hydrogen-bond donors (Lipinski definition) is 1. The molecule has 3 aromatic rings. The molecule has 4 nitrogen and oxygen atoms in total. The third-order valence-electron chi connectivity index (χ3n) is 3.32. The molecule has 1 N–H and O–H groups in total. The molecule has 0 aliphatic carbocycles. The van der Waals surface area contributed by atoms with Crippen LogP contribution in [0.1, 0.15) is 17.2 Å². The molecule has 1 atom stereocenters. The maximum atomic E-state index is 11.5. The van der Waals surface area contributed by atoms with Crippen molar-refractivity contribution >= 4 is 33.7 Å². The molecular weight excluding hydrogens is 369 g/mol. The van der Waals surface area contributed by atoms with E-state index in [1.807, 2.05) is 24.3 Å². The van der Waals surface area contributed by atoms with Gasteiger partial charge in [-0.25, -0.2) is 4.79 Å². The van der Waals surface area contributed by atoms with E-state index in [2.05, 4.69) is 22.6 Å². The summed E-state index contributed by atoms with van der Waals surface area (Å²) in [5.74, 6) is -0.402. The molecule has 0 saturated carbocycles. The molecule has 2 aromatic carbocycles. The van der Waals surface area contributed by atoms with Crippen molar-refractivity contribution in [3.05, 3.63) is 67.7 Å². The highest BCUT2D eigenvalue weighted by atomic mass is 127. The minimum atomic E-state index is -0.734. The number of fused-ring (bicyclic) bond motifs is 1. The number of aliphatic hydroxyl groups excluding tert-OH is 1. The molecule has 0 fully saturated rings. The van der Waals surface area contributed by atoms with Crippen molar-refractivity contribution in [3.8, 4) is 0 Å². The number of aryl methyl sites for hydroxylation is 1. The van der Waals surface area contributed by atoms with Crippen LogP contribution in [-0.4, -0.2) is 9.67 Å². The molecule has 3 rings (SSSR count). The van der Waals surface area contributed by atoms with Gasteiger partial charge in [0.15, 0.2) is 5.58 Å². The normalized spacial score (nSPS) is 12.8. The predicted octanol–water partition coefficient (Wildman–Crippen LogP) is 2.82. The number of halogens is 1. The quantitative estimate of drug-likeness (QED) is 0.695. The molecule has 0 aliphatic heterocycles. The van der Waals surface area contributed by atoms with Gasteiger partial charge in [0.25, 0.3) is 0 Å². The van der Waals surface area contributed by atoms with E-state index in [-0.39, 0.29) is 0 Å². The number of rotatable bonds is 2. The summed E-state index contributed by atoms with van der Waals surface area (Å²) in [7, 11) is 1.66. The second kappa shape index (κ2) is 5.06. The van der Waals surface area contributed by atoms with Crippen molar-refractivity contribution in [3.63, 3.8) is 0 Å². The standard InChI is InChI=1S/C15H12INO3/c1-17-12-7-4-10(8-13(12)20-15(17)19)14(18)9-2-5-11(16)6-3-9/h2-8,14,18H,1H3. The van der Waals surface area contributed by atoms with Gasteiger partial charge in [0.1, 0.15) is 6.10 Å². The zero-order valence-corrected chi connectivity index (χ0v) is 12.9. The maximum Gasteiger partial charge on any atom is 0.419 e. The molecule has 1 aromatic heterocycles. The van der Waals surface area contributed by atoms with Gasteiger partial charge in [-0.2, -0.15) is 0 Å². The van der Waals surface area contributed by atoms with Crippen LogP contribution in [0.3, 0.4) is 0 Å². The summed E-state index contributed by atoms with van der Waals surface area (Å²) in [6.45, 7) is 0. The van der Waals surface area contributed by atoms with E-state index in [0.29, 0.717) is 16.7 Å². The third-order valence-corrected chi connectivity index (χ3v) is 4.04. The summed E-state index contributed by atoms with van der Waals surface area (Å²) in [5.41, 5.74) is 2.71. The highest BCUT2D eigenvalue weighted by Crippen LogP contribution is 2.25. The Kier molecular flexibility index (Phi) is 3.39. The minimum absolute atomic E-state index is 0.402. The number of benzene rings is 2. The SMILES string of the molecule is Cn1c(=O)oc2cc(C(O)c3ccc(I)cc3)ccc21. The average Bonchev–Trinajstić information content (AvgIpc) is 2.74. The van der Waals surface area contributed by atoms with E-state index in [0.717, 1.165) is 9.13 Å².